The molecule has 0 aromatic heterocycles. The van der Waals surface area contributed by atoms with Crippen molar-refractivity contribution in [2.24, 2.45) is 0 Å². The van der Waals surface area contributed by atoms with Gasteiger partial charge in [-0.05, 0) is 24.3 Å². The molecule has 0 unspecified atom stereocenters. The molecule has 13 heteroatoms. The summed E-state index contributed by atoms with van der Waals surface area (Å²) < 4.78 is 134. The number of hydrogen-bond acceptors (Lipinski definition) is 4. The molecule has 0 spiro atoms. The van der Waals surface area contributed by atoms with Crippen molar-refractivity contribution in [1.82, 2.24) is 0 Å². The van der Waals surface area contributed by atoms with E-state index >= 15 is 0 Å². The molecule has 3 aromatic carbocycles. The van der Waals surface area contributed by atoms with Gasteiger partial charge < -0.3 is 20.9 Å². The van der Waals surface area contributed by atoms with Crippen LogP contribution in [0, 0.1) is 17.5 Å². The Labute approximate surface area is 179 Å². The zero-order valence-electron chi connectivity index (χ0n) is 15.9. The lowest BCUT2D eigenvalue weighted by Gasteiger charge is -2.22. The van der Waals surface area contributed by atoms with Crippen molar-refractivity contribution in [2.45, 2.75) is 12.4 Å². The monoisotopic (exact) mass is 482 g/mol. The molecule has 0 aliphatic rings. The van der Waals surface area contributed by atoms with Crippen LogP contribution in [0.3, 0.4) is 0 Å². The summed E-state index contributed by atoms with van der Waals surface area (Å²) in [5.41, 5.74) is 5.57. The van der Waals surface area contributed by atoms with Gasteiger partial charge in [0.15, 0.2) is 28.9 Å². The summed E-state index contributed by atoms with van der Waals surface area (Å²) in [5.74, 6) is -10.7. The standard InChI is InChI=1S/C20H11F9N2O2/c21-10-3-1-8(30)5-13(10)32-15-7-12(23)16(19(24,25)26)18(17(15)20(27,28)29)33-14-6-9(31)2-4-11(14)22/h1-7H,30-31H2. The van der Waals surface area contributed by atoms with Crippen LogP contribution >= 0.6 is 0 Å². The molecule has 3 rings (SSSR count). The molecule has 33 heavy (non-hydrogen) atoms. The van der Waals surface area contributed by atoms with Crippen molar-refractivity contribution < 1.29 is 49.0 Å². The van der Waals surface area contributed by atoms with Gasteiger partial charge in [0.2, 0.25) is 0 Å². The van der Waals surface area contributed by atoms with Crippen LogP contribution in [0.25, 0.3) is 0 Å². The van der Waals surface area contributed by atoms with Gasteiger partial charge in [-0.25, -0.2) is 13.2 Å². The first kappa shape index (κ1) is 23.9. The maximum atomic E-state index is 14.5. The maximum absolute atomic E-state index is 14.5. The number of hydrogen-bond donors (Lipinski definition) is 2. The Morgan fingerprint density at radius 2 is 1.00 bits per heavy atom. The number of alkyl halides is 6. The highest BCUT2D eigenvalue weighted by atomic mass is 19.4. The lowest BCUT2D eigenvalue weighted by atomic mass is 10.0. The summed E-state index contributed by atoms with van der Waals surface area (Å²) in [6.07, 6.45) is -11.4. The number of nitrogens with two attached hydrogens (primary N) is 2. The quantitative estimate of drug-likeness (QED) is 0.314. The second-order valence-corrected chi connectivity index (χ2v) is 6.52. The van der Waals surface area contributed by atoms with Crippen molar-refractivity contribution in [3.05, 3.63) is 71.0 Å². The summed E-state index contributed by atoms with van der Waals surface area (Å²) in [5, 5.41) is 0. The van der Waals surface area contributed by atoms with Crippen molar-refractivity contribution in [2.75, 3.05) is 11.5 Å². The normalized spacial score (nSPS) is 12.0. The third kappa shape index (κ3) is 5.02. The molecular formula is C20H11F9N2O2. The minimum Gasteiger partial charge on any atom is -0.453 e. The molecule has 0 atom stereocenters. The summed E-state index contributed by atoms with van der Waals surface area (Å²) >= 11 is 0. The Bertz CT molecular complexity index is 1210. The van der Waals surface area contributed by atoms with E-state index in [1.165, 1.54) is 0 Å². The lowest BCUT2D eigenvalue weighted by Crippen LogP contribution is -2.17. The van der Waals surface area contributed by atoms with Gasteiger partial charge in [0.05, 0.1) is 0 Å². The lowest BCUT2D eigenvalue weighted by molar-refractivity contribution is -0.147. The van der Waals surface area contributed by atoms with Crippen LogP contribution in [-0.2, 0) is 12.4 Å². The number of ether oxygens (including phenoxy) is 2. The van der Waals surface area contributed by atoms with Gasteiger partial charge in [-0.3, -0.25) is 0 Å². The van der Waals surface area contributed by atoms with Crippen molar-refractivity contribution >= 4 is 11.4 Å². The van der Waals surface area contributed by atoms with Crippen LogP contribution < -0.4 is 20.9 Å². The fraction of sp³-hybridized carbons (Fsp3) is 0.100. The van der Waals surface area contributed by atoms with Gasteiger partial charge in [0, 0.05) is 29.6 Å². The predicted octanol–water partition coefficient (Wildman–Crippen LogP) is 6.89. The molecule has 0 bridgehead atoms. The first-order valence-electron chi connectivity index (χ1n) is 8.65. The van der Waals surface area contributed by atoms with E-state index in [0.717, 1.165) is 18.2 Å². The highest BCUT2D eigenvalue weighted by Gasteiger charge is 2.47. The highest BCUT2D eigenvalue weighted by Crippen LogP contribution is 2.52. The number of nitrogen functional groups attached to an aromatic ring is 2. The molecular weight excluding hydrogens is 471 g/mol. The van der Waals surface area contributed by atoms with Crippen LogP contribution in [-0.4, -0.2) is 0 Å². The van der Waals surface area contributed by atoms with E-state index in [-0.39, 0.29) is 17.4 Å². The fourth-order valence-corrected chi connectivity index (χ4v) is 2.74. The van der Waals surface area contributed by atoms with Crippen molar-refractivity contribution in [3.8, 4) is 23.0 Å². The fourth-order valence-electron chi connectivity index (χ4n) is 2.74. The number of anilines is 2. The Hall–Kier alpha value is -3.77. The average molecular weight is 482 g/mol. The van der Waals surface area contributed by atoms with Crippen LogP contribution in [0.2, 0.25) is 0 Å². The van der Waals surface area contributed by atoms with Crippen LogP contribution in [0.1, 0.15) is 11.1 Å². The molecule has 4 N–H and O–H groups in total. The second kappa shape index (κ2) is 8.30. The zero-order valence-corrected chi connectivity index (χ0v) is 15.9. The molecule has 0 aliphatic heterocycles. The van der Waals surface area contributed by atoms with Crippen LogP contribution in [0.15, 0.2) is 42.5 Å². The zero-order chi connectivity index (χ0) is 24.7. The SMILES string of the molecule is Nc1ccc(F)c(Oc2cc(F)c(C(F)(F)F)c(Oc3cc(N)ccc3F)c2C(F)(F)F)c1. The van der Waals surface area contributed by atoms with E-state index in [0.29, 0.717) is 18.2 Å². The Morgan fingerprint density at radius 3 is 1.45 bits per heavy atom. The van der Waals surface area contributed by atoms with E-state index in [4.69, 9.17) is 16.2 Å². The largest absolute Gasteiger partial charge is 0.453 e. The molecule has 0 amide bonds. The average Bonchev–Trinajstić information content (AvgIpc) is 2.65. The molecule has 0 saturated carbocycles. The minimum atomic E-state index is -5.71. The topological polar surface area (TPSA) is 70.5 Å². The number of benzene rings is 3. The molecule has 0 heterocycles. The molecule has 0 radical (unpaired) electrons. The minimum absolute atomic E-state index is 0.175. The van der Waals surface area contributed by atoms with Gasteiger partial charge in [0.1, 0.15) is 22.7 Å². The van der Waals surface area contributed by atoms with Crippen molar-refractivity contribution in [3.63, 3.8) is 0 Å². The summed E-state index contributed by atoms with van der Waals surface area (Å²) in [6.45, 7) is 0. The first-order valence-corrected chi connectivity index (χ1v) is 8.65. The molecule has 0 saturated heterocycles. The van der Waals surface area contributed by atoms with E-state index in [2.05, 4.69) is 4.74 Å². The van der Waals surface area contributed by atoms with Gasteiger partial charge >= 0.3 is 12.4 Å². The van der Waals surface area contributed by atoms with Crippen molar-refractivity contribution in [1.29, 1.82) is 0 Å². The summed E-state index contributed by atoms with van der Waals surface area (Å²) in [4.78, 5) is 0. The van der Waals surface area contributed by atoms with Gasteiger partial charge in [-0.15, -0.1) is 0 Å². The van der Waals surface area contributed by atoms with Gasteiger partial charge in [-0.2, -0.15) is 26.3 Å². The molecule has 0 aliphatic carbocycles. The second-order valence-electron chi connectivity index (χ2n) is 6.52. The van der Waals surface area contributed by atoms with E-state index in [9.17, 15) is 39.5 Å². The third-order valence-corrected chi connectivity index (χ3v) is 4.11. The first-order chi connectivity index (χ1) is 15.2. The van der Waals surface area contributed by atoms with Crippen LogP contribution in [0.4, 0.5) is 50.9 Å². The summed E-state index contributed by atoms with van der Waals surface area (Å²) in [7, 11) is 0. The highest BCUT2D eigenvalue weighted by molar-refractivity contribution is 5.58. The van der Waals surface area contributed by atoms with Gasteiger partial charge in [-0.1, -0.05) is 0 Å². The summed E-state index contributed by atoms with van der Waals surface area (Å²) in [6, 6.07) is 4.39. The molecule has 3 aromatic rings. The van der Waals surface area contributed by atoms with Crippen LogP contribution in [0.5, 0.6) is 23.0 Å². The maximum Gasteiger partial charge on any atom is 0.423 e. The Balaban J connectivity index is 2.34. The predicted molar refractivity (Wildman–Crippen MR) is 98.2 cm³/mol. The Morgan fingerprint density at radius 1 is 0.545 bits per heavy atom. The van der Waals surface area contributed by atoms with E-state index in [1.54, 1.807) is 0 Å². The Kier molecular flexibility index (Phi) is 6.00. The number of rotatable bonds is 4. The molecule has 4 nitrogen and oxygen atoms in total. The number of halogens is 9. The molecule has 176 valence electrons. The molecule has 0 fully saturated rings. The smallest absolute Gasteiger partial charge is 0.423 e. The van der Waals surface area contributed by atoms with Gasteiger partial charge in [0.25, 0.3) is 0 Å². The third-order valence-electron chi connectivity index (χ3n) is 4.11. The van der Waals surface area contributed by atoms with E-state index < -0.39 is 63.9 Å². The van der Waals surface area contributed by atoms with E-state index in [1.807, 2.05) is 0 Å².